The van der Waals surface area contributed by atoms with E-state index in [-0.39, 0.29) is 18.7 Å². The number of hydrogen-bond acceptors (Lipinski definition) is 5. The lowest BCUT2D eigenvalue weighted by molar-refractivity contribution is -0.269. The van der Waals surface area contributed by atoms with E-state index in [1.54, 1.807) is 13.0 Å². The summed E-state index contributed by atoms with van der Waals surface area (Å²) in [4.78, 5) is 16.5. The second kappa shape index (κ2) is 11.0. The number of ether oxygens (including phenoxy) is 1. The Bertz CT molecular complexity index is 556. The summed E-state index contributed by atoms with van der Waals surface area (Å²) in [6.45, 7) is 9.55. The highest BCUT2D eigenvalue weighted by atomic mass is 17.1. The molecule has 2 atom stereocenters. The minimum absolute atomic E-state index is 0.0654. The maximum absolute atomic E-state index is 12.2. The Morgan fingerprint density at radius 1 is 1.44 bits per heavy atom. The number of cyclic esters (lactones) is 1. The van der Waals surface area contributed by atoms with Gasteiger partial charge in [-0.25, -0.2) is 9.68 Å². The number of rotatable bonds is 10. The van der Waals surface area contributed by atoms with Crippen LogP contribution < -0.4 is 0 Å². The molecule has 5 nitrogen and oxygen atoms in total. The SMILES string of the molecule is C=C(C)[C@H](CCC1=CC[C@H](/C(C)=C/CC/C(C)=C\CO)OC1=O)OO. The van der Waals surface area contributed by atoms with Gasteiger partial charge >= 0.3 is 5.97 Å². The van der Waals surface area contributed by atoms with Crippen LogP contribution in [0.2, 0.25) is 0 Å². The fourth-order valence-electron chi connectivity index (χ4n) is 2.66. The topological polar surface area (TPSA) is 76.0 Å². The maximum atomic E-state index is 12.2. The van der Waals surface area contributed by atoms with Crippen molar-refractivity contribution in [3.8, 4) is 0 Å². The second-order valence-corrected chi connectivity index (χ2v) is 6.56. The molecule has 0 radical (unpaired) electrons. The first kappa shape index (κ1) is 21.4. The molecule has 0 saturated heterocycles. The number of carbonyl (C=O) groups excluding carboxylic acids is 1. The zero-order chi connectivity index (χ0) is 18.8. The molecule has 0 amide bonds. The number of allylic oxidation sites excluding steroid dienone is 2. The summed E-state index contributed by atoms with van der Waals surface area (Å²) in [6.07, 6.45) is 8.48. The van der Waals surface area contributed by atoms with Gasteiger partial charge in [0, 0.05) is 12.0 Å². The molecular weight excluding hydrogens is 320 g/mol. The van der Waals surface area contributed by atoms with Gasteiger partial charge in [-0.3, -0.25) is 5.26 Å². The third kappa shape index (κ3) is 7.38. The van der Waals surface area contributed by atoms with Crippen LogP contribution in [0.1, 0.15) is 52.9 Å². The zero-order valence-electron chi connectivity index (χ0n) is 15.5. The van der Waals surface area contributed by atoms with E-state index in [1.165, 1.54) is 0 Å². The van der Waals surface area contributed by atoms with Gasteiger partial charge in [-0.2, -0.15) is 0 Å². The number of esters is 1. The molecule has 0 spiro atoms. The molecule has 0 unspecified atom stereocenters. The van der Waals surface area contributed by atoms with E-state index in [0.717, 1.165) is 29.6 Å². The number of aliphatic hydroxyl groups is 1. The lowest BCUT2D eigenvalue weighted by Crippen LogP contribution is -2.25. The molecule has 2 N–H and O–H groups in total. The largest absolute Gasteiger partial charge is 0.454 e. The van der Waals surface area contributed by atoms with E-state index in [9.17, 15) is 4.79 Å². The van der Waals surface area contributed by atoms with Crippen molar-refractivity contribution in [1.29, 1.82) is 0 Å². The first-order chi connectivity index (χ1) is 11.9. The van der Waals surface area contributed by atoms with Crippen LogP contribution >= 0.6 is 0 Å². The first-order valence-electron chi connectivity index (χ1n) is 8.67. The molecule has 0 saturated carbocycles. The van der Waals surface area contributed by atoms with Gasteiger partial charge in [0.1, 0.15) is 12.2 Å². The van der Waals surface area contributed by atoms with E-state index in [0.29, 0.717) is 24.8 Å². The summed E-state index contributed by atoms with van der Waals surface area (Å²) < 4.78 is 5.54. The summed E-state index contributed by atoms with van der Waals surface area (Å²) in [5, 5.41) is 17.7. The van der Waals surface area contributed by atoms with Crippen molar-refractivity contribution in [3.63, 3.8) is 0 Å². The lowest BCUT2D eigenvalue weighted by atomic mass is 9.97. The van der Waals surface area contributed by atoms with Gasteiger partial charge in [-0.15, -0.1) is 0 Å². The Labute approximate surface area is 150 Å². The molecule has 0 aromatic carbocycles. The van der Waals surface area contributed by atoms with Gasteiger partial charge < -0.3 is 9.84 Å². The van der Waals surface area contributed by atoms with Gasteiger partial charge in [-0.05, 0) is 57.6 Å². The van der Waals surface area contributed by atoms with Crippen LogP contribution in [0.25, 0.3) is 0 Å². The summed E-state index contributed by atoms with van der Waals surface area (Å²) in [5.41, 5.74) is 3.52. The third-order valence-corrected chi connectivity index (χ3v) is 4.40. The van der Waals surface area contributed by atoms with E-state index in [1.807, 2.05) is 19.9 Å². The molecule has 1 heterocycles. The fraction of sp³-hybridized carbons (Fsp3) is 0.550. The Morgan fingerprint density at radius 2 is 2.16 bits per heavy atom. The van der Waals surface area contributed by atoms with Crippen LogP contribution in [0.4, 0.5) is 0 Å². The van der Waals surface area contributed by atoms with Gasteiger partial charge in [-0.1, -0.05) is 30.4 Å². The van der Waals surface area contributed by atoms with Gasteiger partial charge in [0.2, 0.25) is 0 Å². The number of hydrogen-bond donors (Lipinski definition) is 2. The highest BCUT2D eigenvalue weighted by molar-refractivity contribution is 5.89. The molecule has 1 aliphatic heterocycles. The van der Waals surface area contributed by atoms with E-state index < -0.39 is 6.10 Å². The minimum atomic E-state index is -0.469. The van der Waals surface area contributed by atoms with Crippen LogP contribution in [0.5, 0.6) is 0 Å². The summed E-state index contributed by atoms with van der Waals surface area (Å²) in [6, 6.07) is 0. The Hall–Kier alpha value is -1.69. The molecule has 5 heteroatoms. The standard InChI is InChI=1S/C20H30O5/c1-14(2)18(25-23)10-8-17-9-11-19(24-20(17)22)16(4)7-5-6-15(3)12-13-21/h7,9,12,18-19,21,23H,1,5-6,8,10-11,13H2,2-4H3/b15-12-,16-7+/t18-,19+/m0/s1. The van der Waals surface area contributed by atoms with E-state index >= 15 is 0 Å². The van der Waals surface area contributed by atoms with Crippen molar-refractivity contribution in [3.05, 3.63) is 47.1 Å². The van der Waals surface area contributed by atoms with Crippen molar-refractivity contribution in [1.82, 2.24) is 0 Å². The van der Waals surface area contributed by atoms with E-state index in [2.05, 4.69) is 17.5 Å². The predicted molar refractivity (Wildman–Crippen MR) is 98.0 cm³/mol. The van der Waals surface area contributed by atoms with Gasteiger partial charge in [0.15, 0.2) is 0 Å². The molecule has 1 aliphatic rings. The van der Waals surface area contributed by atoms with Crippen LogP contribution in [-0.2, 0) is 14.4 Å². The molecular formula is C20H30O5. The molecule has 140 valence electrons. The van der Waals surface area contributed by atoms with Crippen molar-refractivity contribution >= 4 is 5.97 Å². The lowest BCUT2D eigenvalue weighted by Gasteiger charge is -2.24. The molecule has 0 aromatic heterocycles. The van der Waals surface area contributed by atoms with E-state index in [4.69, 9.17) is 15.1 Å². The van der Waals surface area contributed by atoms with Crippen molar-refractivity contribution in [2.45, 2.75) is 65.1 Å². The van der Waals surface area contributed by atoms with Crippen LogP contribution in [0.15, 0.2) is 47.1 Å². The van der Waals surface area contributed by atoms with Crippen molar-refractivity contribution in [2.75, 3.05) is 6.61 Å². The maximum Gasteiger partial charge on any atom is 0.334 e. The highest BCUT2D eigenvalue weighted by Crippen LogP contribution is 2.24. The summed E-state index contributed by atoms with van der Waals surface area (Å²) in [7, 11) is 0. The van der Waals surface area contributed by atoms with Crippen molar-refractivity contribution in [2.24, 2.45) is 0 Å². The smallest absolute Gasteiger partial charge is 0.334 e. The normalized spacial score (nSPS) is 20.1. The van der Waals surface area contributed by atoms with Crippen LogP contribution in [0, 0.1) is 0 Å². The Kier molecular flexibility index (Phi) is 9.42. The number of aliphatic hydroxyl groups excluding tert-OH is 1. The van der Waals surface area contributed by atoms with Crippen LogP contribution in [0.3, 0.4) is 0 Å². The summed E-state index contributed by atoms with van der Waals surface area (Å²) in [5.74, 6) is -0.307. The zero-order valence-corrected chi connectivity index (χ0v) is 15.5. The second-order valence-electron chi connectivity index (χ2n) is 6.56. The third-order valence-electron chi connectivity index (χ3n) is 4.40. The minimum Gasteiger partial charge on any atom is -0.454 e. The Morgan fingerprint density at radius 3 is 2.72 bits per heavy atom. The fourth-order valence-corrected chi connectivity index (χ4v) is 2.66. The molecule has 0 aliphatic carbocycles. The molecule has 1 rings (SSSR count). The molecule has 25 heavy (non-hydrogen) atoms. The number of carbonyl (C=O) groups is 1. The predicted octanol–water partition coefficient (Wildman–Crippen LogP) is 4.11. The van der Waals surface area contributed by atoms with Crippen molar-refractivity contribution < 1.29 is 24.8 Å². The summed E-state index contributed by atoms with van der Waals surface area (Å²) >= 11 is 0. The van der Waals surface area contributed by atoms with Gasteiger partial charge in [0.25, 0.3) is 0 Å². The highest BCUT2D eigenvalue weighted by Gasteiger charge is 2.24. The van der Waals surface area contributed by atoms with Crippen LogP contribution in [-0.4, -0.2) is 35.1 Å². The molecule has 0 fully saturated rings. The average molecular weight is 350 g/mol. The monoisotopic (exact) mass is 350 g/mol. The Balaban J connectivity index is 2.54. The quantitative estimate of drug-likeness (QED) is 0.268. The average Bonchev–Trinajstić information content (AvgIpc) is 2.56. The van der Waals surface area contributed by atoms with Gasteiger partial charge in [0.05, 0.1) is 6.61 Å². The first-order valence-corrected chi connectivity index (χ1v) is 8.67. The molecule has 0 aromatic rings. The molecule has 0 bridgehead atoms.